The first kappa shape index (κ1) is 16.4. The zero-order valence-electron chi connectivity index (χ0n) is 14.0. The van der Waals surface area contributed by atoms with E-state index in [1.165, 1.54) is 5.56 Å². The number of carboxylic acids is 1. The molecule has 1 aliphatic carbocycles. The number of pyridine rings is 1. The van der Waals surface area contributed by atoms with Crippen LogP contribution in [0, 0.1) is 6.92 Å². The van der Waals surface area contributed by atoms with E-state index in [0.717, 1.165) is 28.8 Å². The molecule has 0 aliphatic heterocycles. The summed E-state index contributed by atoms with van der Waals surface area (Å²) in [6.07, 6.45) is 4.86. The van der Waals surface area contributed by atoms with Gasteiger partial charge in [-0.2, -0.15) is 0 Å². The van der Waals surface area contributed by atoms with Crippen molar-refractivity contribution in [2.75, 3.05) is 6.61 Å². The van der Waals surface area contributed by atoms with Gasteiger partial charge in [-0.25, -0.2) is 4.79 Å². The van der Waals surface area contributed by atoms with E-state index in [0.29, 0.717) is 18.6 Å². The number of benzene rings is 1. The van der Waals surface area contributed by atoms with E-state index in [4.69, 9.17) is 4.74 Å². The molecule has 1 N–H and O–H groups in total. The van der Waals surface area contributed by atoms with Gasteiger partial charge in [0.1, 0.15) is 6.10 Å². The summed E-state index contributed by atoms with van der Waals surface area (Å²) >= 11 is 0. The molecule has 4 nitrogen and oxygen atoms in total. The predicted molar refractivity (Wildman–Crippen MR) is 93.0 cm³/mol. The van der Waals surface area contributed by atoms with Crippen LogP contribution in [0.5, 0.6) is 0 Å². The molecule has 124 valence electrons. The molecule has 0 amide bonds. The van der Waals surface area contributed by atoms with E-state index in [1.807, 2.05) is 18.2 Å². The smallest absolute Gasteiger partial charge is 0.336 e. The predicted octanol–water partition coefficient (Wildman–Crippen LogP) is 4.20. The molecule has 3 rings (SSSR count). The van der Waals surface area contributed by atoms with Crippen molar-refractivity contribution in [2.24, 2.45) is 0 Å². The molecule has 0 saturated carbocycles. The van der Waals surface area contributed by atoms with Crippen molar-refractivity contribution in [3.8, 4) is 0 Å². The maximum absolute atomic E-state index is 11.5. The number of fused-ring (bicyclic) bond motifs is 1. The van der Waals surface area contributed by atoms with Crippen LogP contribution in [-0.2, 0) is 11.2 Å². The Morgan fingerprint density at radius 1 is 1.33 bits per heavy atom. The van der Waals surface area contributed by atoms with Gasteiger partial charge in [0.15, 0.2) is 0 Å². The molecule has 0 fully saturated rings. The van der Waals surface area contributed by atoms with Gasteiger partial charge in [0, 0.05) is 12.8 Å². The number of aromatic nitrogens is 1. The molecule has 1 aromatic heterocycles. The van der Waals surface area contributed by atoms with Crippen LogP contribution in [0.2, 0.25) is 0 Å². The maximum atomic E-state index is 11.5. The normalized spacial score (nSPS) is 14.2. The van der Waals surface area contributed by atoms with Crippen molar-refractivity contribution in [1.29, 1.82) is 0 Å². The highest BCUT2D eigenvalue weighted by Crippen LogP contribution is 2.37. The van der Waals surface area contributed by atoms with Crippen molar-refractivity contribution >= 4 is 12.0 Å². The number of aryl methyl sites for hydroxylation is 1. The molecule has 2 aromatic rings. The van der Waals surface area contributed by atoms with Crippen LogP contribution in [0.15, 0.2) is 42.1 Å². The van der Waals surface area contributed by atoms with E-state index >= 15 is 0 Å². The molecule has 0 spiro atoms. The quantitative estimate of drug-likeness (QED) is 0.865. The molecule has 1 heterocycles. The van der Waals surface area contributed by atoms with E-state index in [1.54, 1.807) is 12.3 Å². The van der Waals surface area contributed by atoms with Crippen LogP contribution < -0.4 is 0 Å². The van der Waals surface area contributed by atoms with E-state index < -0.39 is 5.97 Å². The molecule has 0 bridgehead atoms. The van der Waals surface area contributed by atoms with Gasteiger partial charge in [-0.1, -0.05) is 31.2 Å². The molecule has 0 radical (unpaired) electrons. The molecule has 1 aromatic carbocycles. The summed E-state index contributed by atoms with van der Waals surface area (Å²) in [5, 5.41) is 9.39. The van der Waals surface area contributed by atoms with E-state index in [2.05, 4.69) is 31.0 Å². The summed E-state index contributed by atoms with van der Waals surface area (Å²) in [5.74, 6) is -0.912. The molecular weight excluding hydrogens is 302 g/mol. The first-order chi connectivity index (χ1) is 11.6. The largest absolute Gasteiger partial charge is 0.478 e. The number of ether oxygens (including phenoxy) is 1. The third-order valence-electron chi connectivity index (χ3n) is 4.32. The molecule has 1 atom stereocenters. The third-order valence-corrected chi connectivity index (χ3v) is 4.32. The van der Waals surface area contributed by atoms with E-state index in [9.17, 15) is 9.90 Å². The Labute approximate surface area is 141 Å². The Balaban J connectivity index is 1.97. The first-order valence-corrected chi connectivity index (χ1v) is 8.20. The fraction of sp³-hybridized carbons (Fsp3) is 0.300. The van der Waals surface area contributed by atoms with Gasteiger partial charge in [-0.15, -0.1) is 0 Å². The van der Waals surface area contributed by atoms with Gasteiger partial charge in [-0.3, -0.25) is 4.98 Å². The minimum absolute atomic E-state index is 0.165. The zero-order valence-corrected chi connectivity index (χ0v) is 14.0. The summed E-state index contributed by atoms with van der Waals surface area (Å²) in [6, 6.07) is 9.73. The molecular formula is C20H21NO3. The third kappa shape index (κ3) is 3.10. The van der Waals surface area contributed by atoms with Crippen LogP contribution in [-0.4, -0.2) is 22.7 Å². The first-order valence-electron chi connectivity index (χ1n) is 8.20. The summed E-state index contributed by atoms with van der Waals surface area (Å²) < 4.78 is 6.13. The fourth-order valence-electron chi connectivity index (χ4n) is 3.13. The van der Waals surface area contributed by atoms with Crippen LogP contribution >= 0.6 is 0 Å². The Kier molecular flexibility index (Phi) is 4.76. The lowest BCUT2D eigenvalue weighted by atomic mass is 9.95. The van der Waals surface area contributed by atoms with Gasteiger partial charge in [0.2, 0.25) is 0 Å². The van der Waals surface area contributed by atoms with E-state index in [-0.39, 0.29) is 6.10 Å². The van der Waals surface area contributed by atoms with Crippen LogP contribution in [0.25, 0.3) is 6.08 Å². The Morgan fingerprint density at radius 2 is 2.12 bits per heavy atom. The standard InChI is InChI=1S/C20H21NO3/c1-3-10-24-19(15-7-5-4-6-13(15)2)14-11-17-16(20(22)23)8-9-21-18(17)12-14/h4-9,12,19H,3,10-11H2,1-2H3,(H,22,23). The number of carboxylic acid groups (broad SMARTS) is 1. The second-order valence-electron chi connectivity index (χ2n) is 6.03. The van der Waals surface area contributed by atoms with Crippen LogP contribution in [0.3, 0.4) is 0 Å². The second-order valence-corrected chi connectivity index (χ2v) is 6.03. The average Bonchev–Trinajstić information content (AvgIpc) is 3.00. The molecule has 0 saturated heterocycles. The number of aromatic carboxylic acids is 1. The topological polar surface area (TPSA) is 59.4 Å². The van der Waals surface area contributed by atoms with Gasteiger partial charge in [-0.05, 0) is 54.2 Å². The highest BCUT2D eigenvalue weighted by Gasteiger charge is 2.27. The van der Waals surface area contributed by atoms with Gasteiger partial charge >= 0.3 is 5.97 Å². The SMILES string of the molecule is CCCOC(C1=Cc2nccc(C(=O)O)c2C1)c1ccccc1C. The minimum Gasteiger partial charge on any atom is -0.478 e. The highest BCUT2D eigenvalue weighted by atomic mass is 16.5. The number of carbonyl (C=O) groups is 1. The molecule has 4 heteroatoms. The second kappa shape index (κ2) is 6.97. The number of hydrogen-bond donors (Lipinski definition) is 1. The monoisotopic (exact) mass is 323 g/mol. The lowest BCUT2D eigenvalue weighted by molar-refractivity contribution is 0.0693. The fourth-order valence-corrected chi connectivity index (χ4v) is 3.13. The summed E-state index contributed by atoms with van der Waals surface area (Å²) in [6.45, 7) is 4.81. The number of nitrogens with zero attached hydrogens (tertiary/aromatic N) is 1. The molecule has 1 unspecified atom stereocenters. The molecule has 1 aliphatic rings. The van der Waals surface area contributed by atoms with Gasteiger partial charge in [0.05, 0.1) is 11.3 Å². The lowest BCUT2D eigenvalue weighted by Gasteiger charge is -2.21. The molecule has 24 heavy (non-hydrogen) atoms. The Morgan fingerprint density at radius 3 is 2.83 bits per heavy atom. The van der Waals surface area contributed by atoms with Crippen molar-refractivity contribution in [2.45, 2.75) is 32.8 Å². The minimum atomic E-state index is -0.912. The van der Waals surface area contributed by atoms with Gasteiger partial charge in [0.25, 0.3) is 0 Å². The highest BCUT2D eigenvalue weighted by molar-refractivity contribution is 5.91. The van der Waals surface area contributed by atoms with Crippen molar-refractivity contribution in [3.63, 3.8) is 0 Å². The van der Waals surface area contributed by atoms with Crippen molar-refractivity contribution in [3.05, 3.63) is 70.0 Å². The summed E-state index contributed by atoms with van der Waals surface area (Å²) in [7, 11) is 0. The number of hydrogen-bond acceptors (Lipinski definition) is 3. The average molecular weight is 323 g/mol. The Bertz CT molecular complexity index is 795. The van der Waals surface area contributed by atoms with Crippen molar-refractivity contribution < 1.29 is 14.6 Å². The Hall–Kier alpha value is -2.46. The summed E-state index contributed by atoms with van der Waals surface area (Å²) in [4.78, 5) is 15.8. The lowest BCUT2D eigenvalue weighted by Crippen LogP contribution is -2.11. The van der Waals surface area contributed by atoms with Crippen LogP contribution in [0.1, 0.15) is 52.2 Å². The van der Waals surface area contributed by atoms with Gasteiger partial charge < -0.3 is 9.84 Å². The summed E-state index contributed by atoms with van der Waals surface area (Å²) in [5.41, 5.74) is 5.20. The zero-order chi connectivity index (χ0) is 17.1. The number of rotatable bonds is 6. The maximum Gasteiger partial charge on any atom is 0.336 e. The van der Waals surface area contributed by atoms with Crippen LogP contribution in [0.4, 0.5) is 0 Å². The van der Waals surface area contributed by atoms with Crippen molar-refractivity contribution in [1.82, 2.24) is 4.98 Å².